The number of esters is 1. The highest BCUT2D eigenvalue weighted by Crippen LogP contribution is 2.33. The molecule has 25 heavy (non-hydrogen) atoms. The number of benzene rings is 1. The minimum atomic E-state index is -5.19. The number of carbonyl (C=O) groups is 2. The molecule has 0 radical (unpaired) electrons. The number of urea groups is 1. The zero-order chi connectivity index (χ0) is 18.9. The van der Waals surface area contributed by atoms with Crippen LogP contribution in [0.1, 0.15) is 19.4 Å². The monoisotopic (exact) mass is 362 g/mol. The van der Waals surface area contributed by atoms with Gasteiger partial charge in [-0.15, -0.1) is 0 Å². The number of rotatable bonds is 8. The van der Waals surface area contributed by atoms with Crippen LogP contribution in [0.4, 0.5) is 18.0 Å². The van der Waals surface area contributed by atoms with Crippen LogP contribution in [-0.2, 0) is 20.7 Å². The number of hydrogen-bond acceptors (Lipinski definition) is 4. The Morgan fingerprint density at radius 1 is 1.08 bits per heavy atom. The van der Waals surface area contributed by atoms with E-state index in [2.05, 4.69) is 14.8 Å². The van der Waals surface area contributed by atoms with Gasteiger partial charge < -0.3 is 14.8 Å². The largest absolute Gasteiger partial charge is 0.462 e. The van der Waals surface area contributed by atoms with Gasteiger partial charge in [0.1, 0.15) is 0 Å². The lowest BCUT2D eigenvalue weighted by Gasteiger charge is -2.33. The van der Waals surface area contributed by atoms with Crippen molar-refractivity contribution in [2.75, 3.05) is 19.8 Å². The molecule has 0 saturated carbocycles. The first-order valence-corrected chi connectivity index (χ1v) is 7.74. The van der Waals surface area contributed by atoms with Gasteiger partial charge in [-0.3, -0.25) is 5.32 Å². The third-order valence-electron chi connectivity index (χ3n) is 3.15. The minimum absolute atomic E-state index is 0.0821. The number of amides is 2. The zero-order valence-electron chi connectivity index (χ0n) is 14.0. The van der Waals surface area contributed by atoms with E-state index in [-0.39, 0.29) is 13.2 Å². The van der Waals surface area contributed by atoms with E-state index >= 15 is 0 Å². The van der Waals surface area contributed by atoms with Crippen molar-refractivity contribution in [2.45, 2.75) is 32.2 Å². The lowest BCUT2D eigenvalue weighted by atomic mass is 10.1. The van der Waals surface area contributed by atoms with E-state index in [0.29, 0.717) is 6.42 Å². The van der Waals surface area contributed by atoms with Crippen molar-refractivity contribution in [2.24, 2.45) is 0 Å². The van der Waals surface area contributed by atoms with Crippen molar-refractivity contribution in [1.29, 1.82) is 0 Å². The van der Waals surface area contributed by atoms with E-state index in [0.717, 1.165) is 5.56 Å². The number of nitrogens with one attached hydrogen (secondary N) is 2. The first-order valence-electron chi connectivity index (χ1n) is 7.74. The summed E-state index contributed by atoms with van der Waals surface area (Å²) in [4.78, 5) is 23.7. The van der Waals surface area contributed by atoms with Crippen LogP contribution in [0.15, 0.2) is 30.3 Å². The van der Waals surface area contributed by atoms with Gasteiger partial charge >= 0.3 is 23.9 Å². The summed E-state index contributed by atoms with van der Waals surface area (Å²) in [5.74, 6) is -1.72. The standard InChI is InChI=1S/C16H21F3N2O4/c1-3-24-13(22)15(25-4-2,16(17,18)19)21-14(23)20-11-10-12-8-6-5-7-9-12/h5-9H,3-4,10-11H2,1-2H3,(H2,20,21,23). The van der Waals surface area contributed by atoms with Crippen LogP contribution < -0.4 is 10.6 Å². The molecule has 0 aliphatic carbocycles. The Bertz CT molecular complexity index is 566. The molecule has 0 aliphatic heterocycles. The molecule has 1 aromatic rings. The van der Waals surface area contributed by atoms with E-state index in [4.69, 9.17) is 0 Å². The van der Waals surface area contributed by atoms with Gasteiger partial charge in [-0.2, -0.15) is 13.2 Å². The molecule has 0 aliphatic rings. The zero-order valence-corrected chi connectivity index (χ0v) is 14.0. The maximum Gasteiger partial charge on any atom is 0.448 e. The summed E-state index contributed by atoms with van der Waals surface area (Å²) in [7, 11) is 0. The van der Waals surface area contributed by atoms with Gasteiger partial charge in [0.2, 0.25) is 0 Å². The molecule has 0 bridgehead atoms. The summed E-state index contributed by atoms with van der Waals surface area (Å²) in [6.45, 7) is 1.96. The highest BCUT2D eigenvalue weighted by molar-refractivity contribution is 5.87. The molecular formula is C16H21F3N2O4. The van der Waals surface area contributed by atoms with Crippen molar-refractivity contribution in [3.05, 3.63) is 35.9 Å². The van der Waals surface area contributed by atoms with Crippen molar-refractivity contribution < 1.29 is 32.2 Å². The second-order valence-corrected chi connectivity index (χ2v) is 4.95. The highest BCUT2D eigenvalue weighted by atomic mass is 19.4. The number of ether oxygens (including phenoxy) is 2. The van der Waals surface area contributed by atoms with Gasteiger partial charge in [-0.25, -0.2) is 9.59 Å². The molecule has 1 rings (SSSR count). The van der Waals surface area contributed by atoms with Gasteiger partial charge in [-0.1, -0.05) is 30.3 Å². The summed E-state index contributed by atoms with van der Waals surface area (Å²) in [5, 5.41) is 3.85. The summed E-state index contributed by atoms with van der Waals surface area (Å²) in [5.41, 5.74) is -2.64. The van der Waals surface area contributed by atoms with Gasteiger partial charge in [0.25, 0.3) is 0 Å². The van der Waals surface area contributed by atoms with Crippen LogP contribution in [0.5, 0.6) is 0 Å². The van der Waals surface area contributed by atoms with Crippen LogP contribution in [0.2, 0.25) is 0 Å². The van der Waals surface area contributed by atoms with E-state index in [1.54, 1.807) is 17.4 Å². The first-order chi connectivity index (χ1) is 11.8. The number of hydrogen-bond donors (Lipinski definition) is 2. The Labute approximate surface area is 143 Å². The molecule has 6 nitrogen and oxygen atoms in total. The first kappa shape index (κ1) is 20.8. The van der Waals surface area contributed by atoms with Crippen molar-refractivity contribution in [1.82, 2.24) is 10.6 Å². The molecule has 0 aromatic heterocycles. The number of carbonyl (C=O) groups excluding carboxylic acids is 2. The second kappa shape index (κ2) is 9.26. The van der Waals surface area contributed by atoms with Gasteiger partial charge in [0.05, 0.1) is 6.61 Å². The SMILES string of the molecule is CCOC(=O)C(NC(=O)NCCc1ccccc1)(OCC)C(F)(F)F. The van der Waals surface area contributed by atoms with E-state index in [9.17, 15) is 22.8 Å². The Morgan fingerprint density at radius 3 is 2.24 bits per heavy atom. The van der Waals surface area contributed by atoms with Crippen LogP contribution in [0.3, 0.4) is 0 Å². The lowest BCUT2D eigenvalue weighted by Crippen LogP contribution is -2.67. The topological polar surface area (TPSA) is 76.7 Å². The molecule has 1 aromatic carbocycles. The Hall–Kier alpha value is -2.29. The van der Waals surface area contributed by atoms with Crippen LogP contribution >= 0.6 is 0 Å². The summed E-state index contributed by atoms with van der Waals surface area (Å²) >= 11 is 0. The Kier molecular flexibility index (Phi) is 7.69. The third kappa shape index (κ3) is 5.63. The quantitative estimate of drug-likeness (QED) is 0.550. The molecule has 1 unspecified atom stereocenters. The lowest BCUT2D eigenvalue weighted by molar-refractivity contribution is -0.283. The smallest absolute Gasteiger partial charge is 0.448 e. The van der Waals surface area contributed by atoms with E-state index < -0.39 is 30.5 Å². The Balaban J connectivity index is 2.78. The fourth-order valence-electron chi connectivity index (χ4n) is 2.03. The molecule has 0 saturated heterocycles. The molecule has 1 atom stereocenters. The van der Waals surface area contributed by atoms with Crippen molar-refractivity contribution >= 4 is 12.0 Å². The molecule has 0 spiro atoms. The molecule has 140 valence electrons. The second-order valence-electron chi connectivity index (χ2n) is 4.95. The molecule has 0 heterocycles. The third-order valence-corrected chi connectivity index (χ3v) is 3.15. The number of alkyl halides is 3. The maximum atomic E-state index is 13.4. The van der Waals surface area contributed by atoms with Crippen molar-refractivity contribution in [3.63, 3.8) is 0 Å². The van der Waals surface area contributed by atoms with Gasteiger partial charge in [0.15, 0.2) is 0 Å². The fraction of sp³-hybridized carbons (Fsp3) is 0.500. The maximum absolute atomic E-state index is 13.4. The Morgan fingerprint density at radius 2 is 1.72 bits per heavy atom. The molecule has 9 heteroatoms. The van der Waals surface area contributed by atoms with Crippen LogP contribution in [0, 0.1) is 0 Å². The predicted octanol–water partition coefficient (Wildman–Crippen LogP) is 2.39. The summed E-state index contributed by atoms with van der Waals surface area (Å²) in [6, 6.07) is 7.88. The molecule has 0 fully saturated rings. The van der Waals surface area contributed by atoms with Crippen molar-refractivity contribution in [3.8, 4) is 0 Å². The van der Waals surface area contributed by atoms with Gasteiger partial charge in [-0.05, 0) is 25.8 Å². The predicted molar refractivity (Wildman–Crippen MR) is 83.7 cm³/mol. The average molecular weight is 362 g/mol. The summed E-state index contributed by atoms with van der Waals surface area (Å²) in [6.07, 6.45) is -4.77. The van der Waals surface area contributed by atoms with Crippen LogP contribution in [-0.4, -0.2) is 43.7 Å². The highest BCUT2D eigenvalue weighted by Gasteiger charge is 2.64. The fourth-order valence-corrected chi connectivity index (χ4v) is 2.03. The molecular weight excluding hydrogens is 341 g/mol. The van der Waals surface area contributed by atoms with Crippen LogP contribution in [0.25, 0.3) is 0 Å². The van der Waals surface area contributed by atoms with E-state index in [1.165, 1.54) is 13.8 Å². The van der Waals surface area contributed by atoms with E-state index in [1.807, 2.05) is 18.2 Å². The minimum Gasteiger partial charge on any atom is -0.462 e. The summed E-state index contributed by atoms with van der Waals surface area (Å²) < 4.78 is 49.3. The molecule has 2 N–H and O–H groups in total. The normalized spacial score (nSPS) is 13.6. The molecule has 2 amide bonds. The number of halogens is 3. The van der Waals surface area contributed by atoms with Gasteiger partial charge in [0, 0.05) is 13.2 Å². The average Bonchev–Trinajstić information content (AvgIpc) is 2.54.